The lowest BCUT2D eigenvalue weighted by Crippen LogP contribution is -2.12. The van der Waals surface area contributed by atoms with E-state index < -0.39 is 6.29 Å². The summed E-state index contributed by atoms with van der Waals surface area (Å²) in [7, 11) is 0. The minimum absolute atomic E-state index is 0.295. The lowest BCUT2D eigenvalue weighted by Gasteiger charge is -2.11. The van der Waals surface area contributed by atoms with Gasteiger partial charge in [-0.05, 0) is 25.7 Å². The second-order valence-electron chi connectivity index (χ2n) is 4.67. The van der Waals surface area contributed by atoms with Crippen LogP contribution in [0.2, 0.25) is 0 Å². The van der Waals surface area contributed by atoms with E-state index in [1.54, 1.807) is 0 Å². The Bertz CT molecular complexity index is 139. The van der Waals surface area contributed by atoms with Crippen LogP contribution >= 0.6 is 0 Å². The van der Waals surface area contributed by atoms with Crippen molar-refractivity contribution in [2.45, 2.75) is 77.4 Å². The number of ether oxygens (including phenoxy) is 1. The molecule has 0 amide bonds. The van der Waals surface area contributed by atoms with Gasteiger partial charge in [0.15, 0.2) is 6.29 Å². The van der Waals surface area contributed by atoms with Gasteiger partial charge in [-0.15, -0.1) is 0 Å². The number of hydrogen-bond donors (Lipinski definition) is 2. The van der Waals surface area contributed by atoms with Crippen LogP contribution in [0.5, 0.6) is 0 Å². The monoisotopic (exact) mass is 246 g/mol. The maximum atomic E-state index is 9.55. The van der Waals surface area contributed by atoms with Gasteiger partial charge in [0, 0.05) is 13.2 Å². The van der Waals surface area contributed by atoms with Gasteiger partial charge in [0.05, 0.1) is 0 Å². The van der Waals surface area contributed by atoms with Gasteiger partial charge >= 0.3 is 0 Å². The quantitative estimate of drug-likeness (QED) is 0.387. The summed E-state index contributed by atoms with van der Waals surface area (Å²) < 4.78 is 5.33. The van der Waals surface area contributed by atoms with Crippen LogP contribution in [-0.2, 0) is 4.74 Å². The molecule has 0 aromatic carbocycles. The lowest BCUT2D eigenvalue weighted by atomic mass is 10.1. The normalized spacial score (nSPS) is 12.9. The topological polar surface area (TPSA) is 49.7 Å². The average molecular weight is 246 g/mol. The fourth-order valence-electron chi connectivity index (χ4n) is 1.79. The van der Waals surface area contributed by atoms with Crippen molar-refractivity contribution < 1.29 is 14.9 Å². The molecule has 0 aliphatic rings. The van der Waals surface area contributed by atoms with Crippen LogP contribution in [0.25, 0.3) is 0 Å². The summed E-state index contributed by atoms with van der Waals surface area (Å²) in [6, 6.07) is 0. The molecule has 1 unspecified atom stereocenters. The standard InChI is InChI=1S/C14H30O3/c1-2-3-4-10-13-17-14(16)11-8-6-5-7-9-12-15/h14-16H,2-13H2,1H3. The summed E-state index contributed by atoms with van der Waals surface area (Å²) >= 11 is 0. The number of aliphatic hydroxyl groups is 2. The molecule has 3 nitrogen and oxygen atoms in total. The molecule has 104 valence electrons. The molecule has 1 atom stereocenters. The predicted molar refractivity (Wildman–Crippen MR) is 70.9 cm³/mol. The third kappa shape index (κ3) is 13.8. The SMILES string of the molecule is CCCCCCOC(O)CCCCCCCO. The largest absolute Gasteiger partial charge is 0.396 e. The van der Waals surface area contributed by atoms with Gasteiger partial charge in [0.25, 0.3) is 0 Å². The molecule has 0 saturated heterocycles. The van der Waals surface area contributed by atoms with E-state index in [0.29, 0.717) is 13.2 Å². The van der Waals surface area contributed by atoms with Gasteiger partial charge in [0.2, 0.25) is 0 Å². The number of hydrogen-bond acceptors (Lipinski definition) is 3. The van der Waals surface area contributed by atoms with Crippen molar-refractivity contribution in [3.63, 3.8) is 0 Å². The van der Waals surface area contributed by atoms with Crippen molar-refractivity contribution in [2.75, 3.05) is 13.2 Å². The minimum Gasteiger partial charge on any atom is -0.396 e. The number of aliphatic hydroxyl groups excluding tert-OH is 2. The molecule has 0 aliphatic carbocycles. The van der Waals surface area contributed by atoms with Crippen LogP contribution in [0, 0.1) is 0 Å². The van der Waals surface area contributed by atoms with Crippen molar-refractivity contribution in [3.05, 3.63) is 0 Å². The Hall–Kier alpha value is -0.120. The van der Waals surface area contributed by atoms with E-state index in [-0.39, 0.29) is 0 Å². The third-order valence-electron chi connectivity index (χ3n) is 2.92. The summed E-state index contributed by atoms with van der Waals surface area (Å²) in [5.41, 5.74) is 0. The maximum Gasteiger partial charge on any atom is 0.154 e. The fraction of sp³-hybridized carbons (Fsp3) is 1.00. The van der Waals surface area contributed by atoms with Crippen molar-refractivity contribution in [2.24, 2.45) is 0 Å². The second-order valence-corrected chi connectivity index (χ2v) is 4.67. The first-order valence-electron chi connectivity index (χ1n) is 7.21. The molecular weight excluding hydrogens is 216 g/mol. The molecule has 0 saturated carbocycles. The molecule has 3 heteroatoms. The summed E-state index contributed by atoms with van der Waals surface area (Å²) in [6.07, 6.45) is 10.2. The lowest BCUT2D eigenvalue weighted by molar-refractivity contribution is -0.105. The predicted octanol–water partition coefficient (Wildman–Crippen LogP) is 3.23. The fourth-order valence-corrected chi connectivity index (χ4v) is 1.79. The van der Waals surface area contributed by atoms with E-state index in [9.17, 15) is 5.11 Å². The van der Waals surface area contributed by atoms with E-state index >= 15 is 0 Å². The molecule has 0 aliphatic heterocycles. The molecule has 0 aromatic rings. The molecule has 0 heterocycles. The minimum atomic E-state index is -0.575. The van der Waals surface area contributed by atoms with Crippen LogP contribution in [0.1, 0.15) is 71.1 Å². The van der Waals surface area contributed by atoms with Crippen molar-refractivity contribution >= 4 is 0 Å². The zero-order chi connectivity index (χ0) is 12.8. The Morgan fingerprint density at radius 3 is 2.24 bits per heavy atom. The highest BCUT2D eigenvalue weighted by Crippen LogP contribution is 2.08. The highest BCUT2D eigenvalue weighted by molar-refractivity contribution is 4.48. The zero-order valence-electron chi connectivity index (χ0n) is 11.4. The maximum absolute atomic E-state index is 9.55. The first kappa shape index (κ1) is 16.9. The highest BCUT2D eigenvalue weighted by Gasteiger charge is 2.03. The van der Waals surface area contributed by atoms with Crippen LogP contribution in [0.4, 0.5) is 0 Å². The highest BCUT2D eigenvalue weighted by atomic mass is 16.6. The van der Waals surface area contributed by atoms with Crippen molar-refractivity contribution in [1.82, 2.24) is 0 Å². The van der Waals surface area contributed by atoms with Gasteiger partial charge in [-0.25, -0.2) is 0 Å². The van der Waals surface area contributed by atoms with Crippen LogP contribution in [-0.4, -0.2) is 29.7 Å². The zero-order valence-corrected chi connectivity index (χ0v) is 11.4. The van der Waals surface area contributed by atoms with E-state index in [1.807, 2.05) is 0 Å². The van der Waals surface area contributed by atoms with Crippen LogP contribution in [0.3, 0.4) is 0 Å². The summed E-state index contributed by atoms with van der Waals surface area (Å²) in [5, 5.41) is 18.2. The van der Waals surface area contributed by atoms with E-state index in [4.69, 9.17) is 9.84 Å². The first-order valence-corrected chi connectivity index (χ1v) is 7.21. The van der Waals surface area contributed by atoms with Gasteiger partial charge in [-0.2, -0.15) is 0 Å². The van der Waals surface area contributed by atoms with Gasteiger partial charge in [-0.1, -0.05) is 45.4 Å². The third-order valence-corrected chi connectivity index (χ3v) is 2.92. The second kappa shape index (κ2) is 13.9. The molecule has 0 fully saturated rings. The Balaban J connectivity index is 3.09. The van der Waals surface area contributed by atoms with Crippen molar-refractivity contribution in [1.29, 1.82) is 0 Å². The molecule has 0 aromatic heterocycles. The van der Waals surface area contributed by atoms with Crippen molar-refractivity contribution in [3.8, 4) is 0 Å². The summed E-state index contributed by atoms with van der Waals surface area (Å²) in [4.78, 5) is 0. The number of rotatable bonds is 13. The van der Waals surface area contributed by atoms with Gasteiger partial charge < -0.3 is 14.9 Å². The summed E-state index contributed by atoms with van der Waals surface area (Å²) in [6.45, 7) is 3.17. The van der Waals surface area contributed by atoms with Gasteiger partial charge in [-0.3, -0.25) is 0 Å². The molecular formula is C14H30O3. The first-order chi connectivity index (χ1) is 8.31. The van der Waals surface area contributed by atoms with E-state index in [1.165, 1.54) is 19.3 Å². The summed E-state index contributed by atoms with van der Waals surface area (Å²) in [5.74, 6) is 0. The number of unbranched alkanes of at least 4 members (excludes halogenated alkanes) is 7. The van der Waals surface area contributed by atoms with E-state index in [2.05, 4.69) is 6.92 Å². The molecule has 0 radical (unpaired) electrons. The van der Waals surface area contributed by atoms with Gasteiger partial charge in [0.1, 0.15) is 0 Å². The Labute approximate surface area is 106 Å². The molecule has 17 heavy (non-hydrogen) atoms. The smallest absolute Gasteiger partial charge is 0.154 e. The van der Waals surface area contributed by atoms with Crippen LogP contribution < -0.4 is 0 Å². The molecule has 2 N–H and O–H groups in total. The molecule has 0 rings (SSSR count). The Morgan fingerprint density at radius 2 is 1.53 bits per heavy atom. The Morgan fingerprint density at radius 1 is 0.882 bits per heavy atom. The molecule has 0 bridgehead atoms. The van der Waals surface area contributed by atoms with E-state index in [0.717, 1.165) is 44.9 Å². The average Bonchev–Trinajstić information content (AvgIpc) is 2.33. The van der Waals surface area contributed by atoms with Crippen LogP contribution in [0.15, 0.2) is 0 Å². The Kier molecular flexibility index (Phi) is 13.8. The molecule has 0 spiro atoms.